The van der Waals surface area contributed by atoms with Crippen molar-refractivity contribution < 1.29 is 22.6 Å². The van der Waals surface area contributed by atoms with Crippen molar-refractivity contribution in [1.29, 1.82) is 0 Å². The highest BCUT2D eigenvalue weighted by atomic mass is 79.9. The number of ether oxygens (including phenoxy) is 2. The summed E-state index contributed by atoms with van der Waals surface area (Å²) in [7, 11) is 0. The van der Waals surface area contributed by atoms with Gasteiger partial charge >= 0.3 is 6.36 Å². The van der Waals surface area contributed by atoms with Gasteiger partial charge in [-0.2, -0.15) is 0 Å². The van der Waals surface area contributed by atoms with Crippen LogP contribution in [0, 0.1) is 6.92 Å². The van der Waals surface area contributed by atoms with Crippen molar-refractivity contribution in [2.24, 2.45) is 0 Å². The first kappa shape index (κ1) is 14.1. The molecule has 0 spiro atoms. The number of hydrogen-bond acceptors (Lipinski definition) is 4. The zero-order chi connectivity index (χ0) is 14.0. The van der Waals surface area contributed by atoms with Crippen LogP contribution in [-0.2, 0) is 0 Å². The molecule has 0 aliphatic carbocycles. The summed E-state index contributed by atoms with van der Waals surface area (Å²) < 4.78 is 45.6. The summed E-state index contributed by atoms with van der Waals surface area (Å²) in [5.41, 5.74) is 0.816. The highest BCUT2D eigenvalue weighted by molar-refractivity contribution is 9.10. The Labute approximate surface area is 119 Å². The second kappa shape index (κ2) is 5.38. The van der Waals surface area contributed by atoms with Gasteiger partial charge in [-0.15, -0.1) is 13.2 Å². The molecule has 0 fully saturated rings. The molecule has 0 radical (unpaired) electrons. The molecule has 19 heavy (non-hydrogen) atoms. The third-order valence-electron chi connectivity index (χ3n) is 1.93. The van der Waals surface area contributed by atoms with Crippen LogP contribution in [0.3, 0.4) is 0 Å². The van der Waals surface area contributed by atoms with E-state index < -0.39 is 6.36 Å². The molecule has 0 saturated heterocycles. The predicted molar refractivity (Wildman–Crippen MR) is 67.8 cm³/mol. The van der Waals surface area contributed by atoms with E-state index in [0.717, 1.165) is 5.69 Å². The quantitative estimate of drug-likeness (QED) is 0.785. The number of halogens is 4. The van der Waals surface area contributed by atoms with E-state index in [0.29, 0.717) is 10.9 Å². The van der Waals surface area contributed by atoms with Gasteiger partial charge in [0.25, 0.3) is 5.19 Å². The fourth-order valence-electron chi connectivity index (χ4n) is 1.23. The van der Waals surface area contributed by atoms with Gasteiger partial charge in [0.2, 0.25) is 0 Å². The summed E-state index contributed by atoms with van der Waals surface area (Å²) in [6.07, 6.45) is -4.72. The van der Waals surface area contributed by atoms with Gasteiger partial charge in [-0.25, -0.2) is 4.98 Å². The molecule has 1 aromatic carbocycles. The molecule has 0 aliphatic rings. The Balaban J connectivity index is 2.14. The molecule has 1 heterocycles. The second-order valence-electron chi connectivity index (χ2n) is 3.50. The molecule has 2 rings (SSSR count). The Kier molecular flexibility index (Phi) is 4.00. The summed E-state index contributed by atoms with van der Waals surface area (Å²) in [5, 5.41) is 2.24. The molecule has 0 unspecified atom stereocenters. The van der Waals surface area contributed by atoms with Crippen LogP contribution in [0.25, 0.3) is 0 Å². The Morgan fingerprint density at radius 2 is 2.05 bits per heavy atom. The third-order valence-corrected chi connectivity index (χ3v) is 3.39. The minimum atomic E-state index is -4.72. The van der Waals surface area contributed by atoms with Crippen molar-refractivity contribution in [3.05, 3.63) is 33.7 Å². The lowest BCUT2D eigenvalue weighted by molar-refractivity contribution is -0.274. The van der Waals surface area contributed by atoms with Crippen LogP contribution in [0.5, 0.6) is 16.7 Å². The molecule has 1 aromatic heterocycles. The molecule has 0 amide bonds. The monoisotopic (exact) mass is 353 g/mol. The summed E-state index contributed by atoms with van der Waals surface area (Å²) in [5.74, 6) is 0.0471. The number of aromatic nitrogens is 1. The summed E-state index contributed by atoms with van der Waals surface area (Å²) in [6.45, 7) is 1.82. The molecular formula is C11H7BrF3NO2S. The first-order valence-electron chi connectivity index (χ1n) is 4.99. The third kappa shape index (κ3) is 4.10. The largest absolute Gasteiger partial charge is 0.573 e. The summed E-state index contributed by atoms with van der Waals surface area (Å²) in [6, 6.07) is 3.94. The molecule has 8 heteroatoms. The summed E-state index contributed by atoms with van der Waals surface area (Å²) >= 11 is 4.30. The van der Waals surface area contributed by atoms with Crippen LogP contribution in [0.4, 0.5) is 13.2 Å². The molecular weight excluding hydrogens is 347 g/mol. The van der Waals surface area contributed by atoms with Crippen molar-refractivity contribution >= 4 is 27.3 Å². The molecule has 0 bridgehead atoms. The fraction of sp³-hybridized carbons (Fsp3) is 0.182. The van der Waals surface area contributed by atoms with Crippen LogP contribution >= 0.6 is 27.3 Å². The van der Waals surface area contributed by atoms with Crippen molar-refractivity contribution in [3.8, 4) is 16.7 Å². The average Bonchev–Trinajstić information content (AvgIpc) is 2.66. The maximum atomic E-state index is 12.1. The zero-order valence-corrected chi connectivity index (χ0v) is 11.9. The van der Waals surface area contributed by atoms with E-state index >= 15 is 0 Å². The minimum absolute atomic E-state index is 0.149. The van der Waals surface area contributed by atoms with E-state index in [1.54, 1.807) is 0 Å². The van der Waals surface area contributed by atoms with Crippen LogP contribution in [0.1, 0.15) is 5.69 Å². The first-order chi connectivity index (χ1) is 8.83. The smallest absolute Gasteiger partial charge is 0.431 e. The molecule has 3 nitrogen and oxygen atoms in total. The molecule has 102 valence electrons. The topological polar surface area (TPSA) is 31.4 Å². The van der Waals surface area contributed by atoms with Gasteiger partial charge in [0.05, 0.1) is 10.2 Å². The number of benzene rings is 1. The van der Waals surface area contributed by atoms with E-state index in [4.69, 9.17) is 4.74 Å². The number of alkyl halides is 3. The lowest BCUT2D eigenvalue weighted by Gasteiger charge is -2.11. The van der Waals surface area contributed by atoms with Crippen molar-refractivity contribution in [1.82, 2.24) is 4.98 Å². The van der Waals surface area contributed by atoms with Gasteiger partial charge in [0.1, 0.15) is 11.5 Å². The Morgan fingerprint density at radius 3 is 2.58 bits per heavy atom. The van der Waals surface area contributed by atoms with Gasteiger partial charge in [-0.05, 0) is 41.1 Å². The minimum Gasteiger partial charge on any atom is -0.431 e. The number of aryl methyl sites for hydroxylation is 1. The molecule has 0 N–H and O–H groups in total. The van der Waals surface area contributed by atoms with Gasteiger partial charge in [0, 0.05) is 5.38 Å². The van der Waals surface area contributed by atoms with Gasteiger partial charge in [0.15, 0.2) is 0 Å². The second-order valence-corrected chi connectivity index (χ2v) is 5.17. The predicted octanol–water partition coefficient (Wildman–Crippen LogP) is 4.90. The maximum absolute atomic E-state index is 12.1. The van der Waals surface area contributed by atoms with Gasteiger partial charge in [-0.3, -0.25) is 0 Å². The van der Waals surface area contributed by atoms with E-state index in [1.807, 2.05) is 12.3 Å². The van der Waals surface area contributed by atoms with Crippen LogP contribution in [-0.4, -0.2) is 11.3 Å². The molecule has 0 saturated carbocycles. The lowest BCUT2D eigenvalue weighted by atomic mass is 10.3. The van der Waals surface area contributed by atoms with Gasteiger partial charge < -0.3 is 9.47 Å². The van der Waals surface area contributed by atoms with Gasteiger partial charge in [-0.1, -0.05) is 11.3 Å². The van der Waals surface area contributed by atoms with Crippen LogP contribution < -0.4 is 9.47 Å². The number of rotatable bonds is 3. The van der Waals surface area contributed by atoms with Crippen molar-refractivity contribution in [2.45, 2.75) is 13.3 Å². The average molecular weight is 354 g/mol. The van der Waals surface area contributed by atoms with E-state index in [1.165, 1.54) is 29.5 Å². The Morgan fingerprint density at radius 1 is 1.32 bits per heavy atom. The molecule has 0 atom stereocenters. The highest BCUT2D eigenvalue weighted by Gasteiger charge is 2.32. The molecule has 0 aliphatic heterocycles. The fourth-order valence-corrected chi connectivity index (χ4v) is 2.34. The maximum Gasteiger partial charge on any atom is 0.573 e. The molecule has 2 aromatic rings. The summed E-state index contributed by atoms with van der Waals surface area (Å²) in [4.78, 5) is 4.09. The van der Waals surface area contributed by atoms with Crippen LogP contribution in [0.2, 0.25) is 0 Å². The van der Waals surface area contributed by atoms with E-state index in [-0.39, 0.29) is 10.2 Å². The van der Waals surface area contributed by atoms with Crippen molar-refractivity contribution in [2.75, 3.05) is 0 Å². The number of hydrogen-bond donors (Lipinski definition) is 0. The lowest BCUT2D eigenvalue weighted by Crippen LogP contribution is -2.17. The SMILES string of the molecule is Cc1csc(Oc2ccc(OC(F)(F)F)c(Br)c2)n1. The number of nitrogens with zero attached hydrogens (tertiary/aromatic N) is 1. The Bertz CT molecular complexity index is 586. The standard InChI is InChI=1S/C11H7BrF3NO2S/c1-6-5-19-10(16-6)17-7-2-3-9(8(12)4-7)18-11(13,14)15/h2-5H,1H3. The highest BCUT2D eigenvalue weighted by Crippen LogP contribution is 2.35. The zero-order valence-electron chi connectivity index (χ0n) is 9.49. The van der Waals surface area contributed by atoms with E-state index in [9.17, 15) is 13.2 Å². The van der Waals surface area contributed by atoms with E-state index in [2.05, 4.69) is 25.7 Å². The number of thiazole rings is 1. The van der Waals surface area contributed by atoms with Crippen LogP contribution in [0.15, 0.2) is 28.1 Å². The van der Waals surface area contributed by atoms with Crippen molar-refractivity contribution in [3.63, 3.8) is 0 Å². The normalized spacial score (nSPS) is 11.4. The Hall–Kier alpha value is -1.28. The first-order valence-corrected chi connectivity index (χ1v) is 6.66.